The summed E-state index contributed by atoms with van der Waals surface area (Å²) in [5.74, 6) is -3.47. The summed E-state index contributed by atoms with van der Waals surface area (Å²) in [6, 6.07) is -3.42. The molecule has 0 saturated heterocycles. The van der Waals surface area contributed by atoms with E-state index in [0.29, 0.717) is 18.7 Å². The third-order valence-corrected chi connectivity index (χ3v) is 4.21. The Morgan fingerprint density at radius 3 is 2.32 bits per heavy atom. The Morgan fingerprint density at radius 1 is 1.10 bits per heavy atom. The molecule has 0 saturated carbocycles. The Hall–Kier alpha value is -3.68. The molecule has 0 aromatic carbocycles. The number of nitrogens with two attached hydrogens (primary N) is 4. The lowest BCUT2D eigenvalue weighted by molar-refractivity contribution is -0.142. The molecule has 1 heterocycles. The zero-order valence-corrected chi connectivity index (χ0v) is 16.9. The van der Waals surface area contributed by atoms with Crippen molar-refractivity contribution in [1.82, 2.24) is 20.6 Å². The Kier molecular flexibility index (Phi) is 10.5. The smallest absolute Gasteiger partial charge is 0.326 e. The molecule has 0 spiro atoms. The van der Waals surface area contributed by atoms with E-state index in [2.05, 4.69) is 25.6 Å². The molecule has 31 heavy (non-hydrogen) atoms. The largest absolute Gasteiger partial charge is 0.480 e. The number of nitrogens with zero attached hydrogens (tertiary/aromatic N) is 2. The van der Waals surface area contributed by atoms with E-state index in [4.69, 9.17) is 22.9 Å². The number of carbonyl (C=O) groups is 4. The van der Waals surface area contributed by atoms with E-state index in [1.807, 2.05) is 0 Å². The van der Waals surface area contributed by atoms with Crippen LogP contribution in [0.2, 0.25) is 0 Å². The van der Waals surface area contributed by atoms with Crippen molar-refractivity contribution in [2.75, 3.05) is 6.54 Å². The number of rotatable bonds is 14. The predicted octanol–water partition coefficient (Wildman–Crippen LogP) is -3.35. The van der Waals surface area contributed by atoms with Gasteiger partial charge in [-0.3, -0.25) is 19.4 Å². The molecule has 14 nitrogen and oxygen atoms in total. The topological polar surface area (TPSA) is 258 Å². The quantitative estimate of drug-likeness (QED) is 0.0816. The summed E-state index contributed by atoms with van der Waals surface area (Å²) >= 11 is 0. The first-order valence-electron chi connectivity index (χ1n) is 9.50. The Labute approximate surface area is 178 Å². The van der Waals surface area contributed by atoms with E-state index in [-0.39, 0.29) is 31.6 Å². The van der Waals surface area contributed by atoms with E-state index in [1.165, 1.54) is 12.5 Å². The number of aromatic amines is 1. The number of aliphatic imine (C=N–C) groups is 1. The van der Waals surface area contributed by atoms with E-state index < -0.39 is 41.8 Å². The van der Waals surface area contributed by atoms with Crippen LogP contribution in [0.4, 0.5) is 0 Å². The number of aliphatic carboxylic acids is 1. The SMILES string of the molecule is NC(=O)CCC(NC(=O)C(Cc1cnc[nH]1)NC(=O)C(N)CCCN=C(N)N)C(=O)O. The summed E-state index contributed by atoms with van der Waals surface area (Å²) in [7, 11) is 0. The highest BCUT2D eigenvalue weighted by Crippen LogP contribution is 2.04. The summed E-state index contributed by atoms with van der Waals surface area (Å²) < 4.78 is 0. The maximum absolute atomic E-state index is 12.7. The second-order valence-corrected chi connectivity index (χ2v) is 6.80. The maximum atomic E-state index is 12.7. The van der Waals surface area contributed by atoms with Crippen LogP contribution in [0.5, 0.6) is 0 Å². The van der Waals surface area contributed by atoms with Crippen molar-refractivity contribution in [3.63, 3.8) is 0 Å². The van der Waals surface area contributed by atoms with Crippen LogP contribution in [0.3, 0.4) is 0 Å². The van der Waals surface area contributed by atoms with Gasteiger partial charge in [0.25, 0.3) is 0 Å². The van der Waals surface area contributed by atoms with Crippen LogP contribution < -0.4 is 33.6 Å². The number of carbonyl (C=O) groups excluding carboxylic acids is 3. The number of carboxylic acid groups (broad SMARTS) is 1. The fraction of sp³-hybridized carbons (Fsp3) is 0.529. The number of hydrogen-bond acceptors (Lipinski definition) is 7. The highest BCUT2D eigenvalue weighted by Gasteiger charge is 2.28. The number of amides is 3. The number of carboxylic acids is 1. The molecule has 0 fully saturated rings. The Morgan fingerprint density at radius 2 is 1.77 bits per heavy atom. The number of hydrogen-bond donors (Lipinski definition) is 8. The molecule has 12 N–H and O–H groups in total. The van der Waals surface area contributed by atoms with Gasteiger partial charge in [0.2, 0.25) is 17.7 Å². The van der Waals surface area contributed by atoms with Crippen molar-refractivity contribution in [2.24, 2.45) is 27.9 Å². The monoisotopic (exact) mass is 439 g/mol. The fourth-order valence-electron chi connectivity index (χ4n) is 2.57. The summed E-state index contributed by atoms with van der Waals surface area (Å²) in [5, 5.41) is 14.1. The van der Waals surface area contributed by atoms with Crippen LogP contribution in [0.15, 0.2) is 17.5 Å². The van der Waals surface area contributed by atoms with Gasteiger partial charge in [-0.2, -0.15) is 0 Å². The molecule has 3 unspecified atom stereocenters. The summed E-state index contributed by atoms with van der Waals surface area (Å²) in [6.45, 7) is 0.293. The normalized spacial score (nSPS) is 13.5. The van der Waals surface area contributed by atoms with E-state index in [0.717, 1.165) is 0 Å². The van der Waals surface area contributed by atoms with Gasteiger partial charge in [-0.05, 0) is 19.3 Å². The summed E-state index contributed by atoms with van der Waals surface area (Å²) in [6.07, 6.45) is 3.16. The molecule has 1 rings (SSSR count). The van der Waals surface area contributed by atoms with Crippen molar-refractivity contribution in [2.45, 2.75) is 50.2 Å². The molecule has 0 aliphatic heterocycles. The van der Waals surface area contributed by atoms with E-state index >= 15 is 0 Å². The molecular weight excluding hydrogens is 410 g/mol. The lowest BCUT2D eigenvalue weighted by Crippen LogP contribution is -2.55. The molecule has 14 heteroatoms. The lowest BCUT2D eigenvalue weighted by atomic mass is 10.1. The van der Waals surface area contributed by atoms with Crippen molar-refractivity contribution in [1.29, 1.82) is 0 Å². The van der Waals surface area contributed by atoms with Crippen molar-refractivity contribution in [3.8, 4) is 0 Å². The average Bonchev–Trinajstić information content (AvgIpc) is 3.20. The van der Waals surface area contributed by atoms with Crippen LogP contribution in [0, 0.1) is 0 Å². The first-order chi connectivity index (χ1) is 14.6. The van der Waals surface area contributed by atoms with Gasteiger partial charge in [0.15, 0.2) is 5.96 Å². The second kappa shape index (κ2) is 12.8. The number of H-pyrrole nitrogens is 1. The minimum Gasteiger partial charge on any atom is -0.480 e. The van der Waals surface area contributed by atoms with Crippen LogP contribution in [0.1, 0.15) is 31.4 Å². The number of imidazole rings is 1. The van der Waals surface area contributed by atoms with Gasteiger partial charge in [-0.25, -0.2) is 9.78 Å². The van der Waals surface area contributed by atoms with Gasteiger partial charge in [0.05, 0.1) is 12.4 Å². The third-order valence-electron chi connectivity index (χ3n) is 4.21. The van der Waals surface area contributed by atoms with Gasteiger partial charge in [0, 0.05) is 31.3 Å². The minimum atomic E-state index is -1.35. The summed E-state index contributed by atoms with van der Waals surface area (Å²) in [5.41, 5.74) is 21.9. The van der Waals surface area contributed by atoms with E-state index in [9.17, 15) is 24.3 Å². The van der Waals surface area contributed by atoms with Crippen molar-refractivity contribution < 1.29 is 24.3 Å². The van der Waals surface area contributed by atoms with Gasteiger partial charge in [0.1, 0.15) is 12.1 Å². The zero-order valence-electron chi connectivity index (χ0n) is 16.9. The molecule has 1 aromatic heterocycles. The number of guanidine groups is 1. The maximum Gasteiger partial charge on any atom is 0.326 e. The molecular formula is C17H29N9O5. The minimum absolute atomic E-state index is 0.0143. The summed E-state index contributed by atoms with van der Waals surface area (Å²) in [4.78, 5) is 57.9. The molecule has 172 valence electrons. The number of aromatic nitrogens is 2. The van der Waals surface area contributed by atoms with Gasteiger partial charge in [-0.1, -0.05) is 0 Å². The van der Waals surface area contributed by atoms with Crippen LogP contribution in [0.25, 0.3) is 0 Å². The number of primary amides is 1. The highest BCUT2D eigenvalue weighted by atomic mass is 16.4. The van der Waals surface area contributed by atoms with E-state index in [1.54, 1.807) is 0 Å². The first-order valence-corrected chi connectivity index (χ1v) is 9.50. The molecule has 3 amide bonds. The molecule has 3 atom stereocenters. The Balaban J connectivity index is 2.79. The lowest BCUT2D eigenvalue weighted by Gasteiger charge is -2.22. The molecule has 0 aliphatic rings. The van der Waals surface area contributed by atoms with Crippen molar-refractivity contribution >= 4 is 29.7 Å². The molecule has 0 aliphatic carbocycles. The highest BCUT2D eigenvalue weighted by molar-refractivity contribution is 5.92. The standard InChI is InChI=1S/C17H29N9O5/c18-10(2-1-5-23-17(20)21)14(28)26-12(6-9-7-22-8-24-9)15(29)25-11(16(30)31)3-4-13(19)27/h7-8,10-12H,1-6,18H2,(H2,19,27)(H,22,24)(H,25,29)(H,26,28)(H,30,31)(H4,20,21,23). The first kappa shape index (κ1) is 25.4. The fourth-order valence-corrected chi connectivity index (χ4v) is 2.57. The van der Waals surface area contributed by atoms with Gasteiger partial charge in [-0.15, -0.1) is 0 Å². The average molecular weight is 439 g/mol. The van der Waals surface area contributed by atoms with Crippen LogP contribution in [-0.2, 0) is 25.6 Å². The van der Waals surface area contributed by atoms with Crippen LogP contribution >= 0.6 is 0 Å². The molecule has 1 aromatic rings. The van der Waals surface area contributed by atoms with Crippen LogP contribution in [-0.4, -0.2) is 69.4 Å². The second-order valence-electron chi connectivity index (χ2n) is 6.80. The van der Waals surface area contributed by atoms with Gasteiger partial charge < -0.3 is 43.7 Å². The Bertz CT molecular complexity index is 777. The molecule has 0 bridgehead atoms. The number of nitrogens with one attached hydrogen (secondary N) is 3. The predicted molar refractivity (Wildman–Crippen MR) is 110 cm³/mol. The van der Waals surface area contributed by atoms with Gasteiger partial charge >= 0.3 is 5.97 Å². The molecule has 0 radical (unpaired) electrons. The zero-order chi connectivity index (χ0) is 23.4. The van der Waals surface area contributed by atoms with Crippen molar-refractivity contribution in [3.05, 3.63) is 18.2 Å². The third kappa shape index (κ3) is 10.1.